The Morgan fingerprint density at radius 3 is 2.87 bits per heavy atom. The number of halogens is 1. The number of aromatic nitrogens is 1. The molecule has 0 aliphatic heterocycles. The quantitative estimate of drug-likeness (QED) is 0.913. The number of anilines is 1. The molecule has 80 valence electrons. The minimum atomic E-state index is -0.196. The maximum atomic E-state index is 11.3. The van der Waals surface area contributed by atoms with E-state index in [1.165, 1.54) is 0 Å². The van der Waals surface area contributed by atoms with E-state index < -0.39 is 0 Å². The predicted molar refractivity (Wildman–Crippen MR) is 62.4 cm³/mol. The van der Waals surface area contributed by atoms with Crippen molar-refractivity contribution >= 4 is 21.6 Å². The van der Waals surface area contributed by atoms with E-state index in [1.54, 1.807) is 12.4 Å². The SMILES string of the molecule is CC(CCC#N)n1cc(N)c(=O)c(Br)c1. The number of hydrogen-bond donors (Lipinski definition) is 1. The van der Waals surface area contributed by atoms with Gasteiger partial charge in [-0.2, -0.15) is 5.26 Å². The molecule has 0 aromatic carbocycles. The second-order valence-corrected chi connectivity index (χ2v) is 4.24. The molecule has 1 aromatic rings. The molecule has 0 saturated carbocycles. The Morgan fingerprint density at radius 2 is 2.33 bits per heavy atom. The van der Waals surface area contributed by atoms with Crippen LogP contribution in [0.3, 0.4) is 0 Å². The largest absolute Gasteiger partial charge is 0.394 e. The lowest BCUT2D eigenvalue weighted by atomic mass is 10.2. The summed E-state index contributed by atoms with van der Waals surface area (Å²) < 4.78 is 2.30. The molecular weight excluding hydrogens is 258 g/mol. The molecule has 2 N–H and O–H groups in total. The van der Waals surface area contributed by atoms with Crippen LogP contribution >= 0.6 is 15.9 Å². The monoisotopic (exact) mass is 269 g/mol. The molecule has 1 atom stereocenters. The van der Waals surface area contributed by atoms with E-state index in [4.69, 9.17) is 11.0 Å². The Kier molecular flexibility index (Phi) is 3.92. The van der Waals surface area contributed by atoms with Gasteiger partial charge in [0.05, 0.1) is 16.2 Å². The molecule has 0 spiro atoms. The van der Waals surface area contributed by atoms with Crippen molar-refractivity contribution < 1.29 is 0 Å². The minimum Gasteiger partial charge on any atom is -0.394 e. The number of pyridine rings is 1. The lowest BCUT2D eigenvalue weighted by Crippen LogP contribution is -2.15. The van der Waals surface area contributed by atoms with Gasteiger partial charge in [0.25, 0.3) is 0 Å². The summed E-state index contributed by atoms with van der Waals surface area (Å²) in [6.07, 6.45) is 4.53. The van der Waals surface area contributed by atoms with Crippen LogP contribution in [-0.4, -0.2) is 4.57 Å². The Hall–Kier alpha value is -1.28. The van der Waals surface area contributed by atoms with Crippen LogP contribution in [0, 0.1) is 11.3 Å². The van der Waals surface area contributed by atoms with Crippen molar-refractivity contribution in [1.82, 2.24) is 4.57 Å². The van der Waals surface area contributed by atoms with Crippen LogP contribution in [-0.2, 0) is 0 Å². The maximum absolute atomic E-state index is 11.3. The smallest absolute Gasteiger partial charge is 0.218 e. The Balaban J connectivity index is 2.97. The van der Waals surface area contributed by atoms with Crippen LogP contribution in [0.1, 0.15) is 25.8 Å². The van der Waals surface area contributed by atoms with Crippen molar-refractivity contribution in [1.29, 1.82) is 5.26 Å². The molecule has 0 fully saturated rings. The molecule has 5 heteroatoms. The van der Waals surface area contributed by atoms with Gasteiger partial charge < -0.3 is 10.3 Å². The fourth-order valence-corrected chi connectivity index (χ4v) is 1.73. The molecule has 15 heavy (non-hydrogen) atoms. The first-order chi connectivity index (χ1) is 7.06. The van der Waals surface area contributed by atoms with E-state index in [0.717, 1.165) is 6.42 Å². The minimum absolute atomic E-state index is 0.156. The summed E-state index contributed by atoms with van der Waals surface area (Å²) in [7, 11) is 0. The van der Waals surface area contributed by atoms with Gasteiger partial charge in [-0.05, 0) is 29.3 Å². The summed E-state index contributed by atoms with van der Waals surface area (Å²) in [5.41, 5.74) is 5.58. The summed E-state index contributed by atoms with van der Waals surface area (Å²) in [6, 6.07) is 2.25. The Bertz CT molecular complexity index is 421. The van der Waals surface area contributed by atoms with Crippen molar-refractivity contribution in [3.05, 3.63) is 27.1 Å². The molecular formula is C10H12BrN3O. The van der Waals surface area contributed by atoms with E-state index in [2.05, 4.69) is 22.0 Å². The molecule has 1 aromatic heterocycles. The average Bonchev–Trinajstić information content (AvgIpc) is 2.21. The normalized spacial score (nSPS) is 12.1. The molecule has 1 heterocycles. The van der Waals surface area contributed by atoms with Gasteiger partial charge in [0.15, 0.2) is 0 Å². The lowest BCUT2D eigenvalue weighted by molar-refractivity contribution is 0.510. The molecule has 1 rings (SSSR count). The third-order valence-corrected chi connectivity index (χ3v) is 2.78. The zero-order chi connectivity index (χ0) is 11.4. The van der Waals surface area contributed by atoms with Crippen molar-refractivity contribution in [3.63, 3.8) is 0 Å². The molecule has 0 bridgehead atoms. The van der Waals surface area contributed by atoms with Gasteiger partial charge in [-0.25, -0.2) is 0 Å². The highest BCUT2D eigenvalue weighted by molar-refractivity contribution is 9.10. The second-order valence-electron chi connectivity index (χ2n) is 3.38. The van der Waals surface area contributed by atoms with E-state index >= 15 is 0 Å². The highest BCUT2D eigenvalue weighted by atomic mass is 79.9. The lowest BCUT2D eigenvalue weighted by Gasteiger charge is -2.15. The van der Waals surface area contributed by atoms with Crippen molar-refractivity contribution in [2.24, 2.45) is 0 Å². The highest BCUT2D eigenvalue weighted by Crippen LogP contribution is 2.15. The fraction of sp³-hybridized carbons (Fsp3) is 0.400. The van der Waals surface area contributed by atoms with Gasteiger partial charge >= 0.3 is 0 Å². The van der Waals surface area contributed by atoms with E-state index in [9.17, 15) is 4.79 Å². The molecule has 0 radical (unpaired) electrons. The maximum Gasteiger partial charge on any atom is 0.218 e. The van der Waals surface area contributed by atoms with E-state index in [0.29, 0.717) is 10.9 Å². The summed E-state index contributed by atoms with van der Waals surface area (Å²) in [5.74, 6) is 0. The summed E-state index contributed by atoms with van der Waals surface area (Å²) in [6.45, 7) is 1.98. The number of rotatable bonds is 3. The highest BCUT2D eigenvalue weighted by Gasteiger charge is 2.07. The van der Waals surface area contributed by atoms with Crippen LogP contribution in [0.2, 0.25) is 0 Å². The van der Waals surface area contributed by atoms with Crippen molar-refractivity contribution in [3.8, 4) is 6.07 Å². The molecule has 0 aliphatic carbocycles. The number of hydrogen-bond acceptors (Lipinski definition) is 3. The van der Waals surface area contributed by atoms with E-state index in [-0.39, 0.29) is 17.2 Å². The van der Waals surface area contributed by atoms with Gasteiger partial charge in [0.2, 0.25) is 5.43 Å². The number of nitrogen functional groups attached to an aromatic ring is 1. The molecule has 0 amide bonds. The summed E-state index contributed by atoms with van der Waals surface area (Å²) >= 11 is 3.16. The van der Waals surface area contributed by atoms with Gasteiger partial charge in [-0.15, -0.1) is 0 Å². The van der Waals surface area contributed by atoms with Crippen LogP contribution in [0.4, 0.5) is 5.69 Å². The fourth-order valence-electron chi connectivity index (χ4n) is 1.26. The number of nitriles is 1. The predicted octanol–water partition coefficient (Wildman–Crippen LogP) is 2.06. The van der Waals surface area contributed by atoms with Crippen molar-refractivity contribution in [2.75, 3.05) is 5.73 Å². The zero-order valence-corrected chi connectivity index (χ0v) is 9.99. The molecule has 0 saturated heterocycles. The van der Waals surface area contributed by atoms with E-state index in [1.807, 2.05) is 11.5 Å². The average molecular weight is 270 g/mol. The first-order valence-electron chi connectivity index (χ1n) is 4.60. The van der Waals surface area contributed by atoms with Crippen molar-refractivity contribution in [2.45, 2.75) is 25.8 Å². The van der Waals surface area contributed by atoms with Crippen LogP contribution in [0.25, 0.3) is 0 Å². The number of nitrogens with two attached hydrogens (primary N) is 1. The van der Waals surface area contributed by atoms with Gasteiger partial charge in [-0.3, -0.25) is 4.79 Å². The zero-order valence-electron chi connectivity index (χ0n) is 8.40. The summed E-state index contributed by atoms with van der Waals surface area (Å²) in [5, 5.41) is 8.47. The first-order valence-corrected chi connectivity index (χ1v) is 5.39. The number of nitrogens with zero attached hydrogens (tertiary/aromatic N) is 2. The van der Waals surface area contributed by atoms with Gasteiger partial charge in [0.1, 0.15) is 0 Å². The topological polar surface area (TPSA) is 71.8 Å². The Morgan fingerprint density at radius 1 is 1.67 bits per heavy atom. The van der Waals surface area contributed by atoms with Crippen LogP contribution < -0.4 is 11.2 Å². The molecule has 0 aliphatic rings. The summed E-state index contributed by atoms with van der Waals surface area (Å²) in [4.78, 5) is 11.3. The van der Waals surface area contributed by atoms with Crippen LogP contribution in [0.15, 0.2) is 21.7 Å². The van der Waals surface area contributed by atoms with Crippen LogP contribution in [0.5, 0.6) is 0 Å². The van der Waals surface area contributed by atoms with Gasteiger partial charge in [-0.1, -0.05) is 0 Å². The molecule has 1 unspecified atom stereocenters. The second kappa shape index (κ2) is 4.99. The van der Waals surface area contributed by atoms with Gasteiger partial charge in [0, 0.05) is 24.9 Å². The first kappa shape index (κ1) is 11.8. The third-order valence-electron chi connectivity index (χ3n) is 2.21. The Labute approximate surface area is 96.4 Å². The standard InChI is InChI=1S/C10H12BrN3O/c1-7(3-2-4-12)14-5-8(11)10(15)9(13)6-14/h5-7H,2-3,13H2,1H3. The molecule has 4 nitrogen and oxygen atoms in total. The third kappa shape index (κ3) is 2.83.